The number of ether oxygens (including phenoxy) is 1. The summed E-state index contributed by atoms with van der Waals surface area (Å²) in [6.07, 6.45) is 3.03. The van der Waals surface area contributed by atoms with Crippen molar-refractivity contribution in [3.05, 3.63) is 39.4 Å². The van der Waals surface area contributed by atoms with Gasteiger partial charge in [-0.2, -0.15) is 0 Å². The second-order valence-corrected chi connectivity index (χ2v) is 6.60. The molecule has 2 bridgehead atoms. The van der Waals surface area contributed by atoms with Gasteiger partial charge in [0.15, 0.2) is 0 Å². The summed E-state index contributed by atoms with van der Waals surface area (Å²) in [4.78, 5) is 26.7. The number of benzene rings is 1. The molecule has 6 heteroatoms. The number of carbonyl (C=O) groups excluding carboxylic acids is 1. The molecule has 3 aliphatic carbocycles. The monoisotopic (exact) mass is 316 g/mol. The zero-order valence-corrected chi connectivity index (χ0v) is 12.7. The van der Waals surface area contributed by atoms with E-state index >= 15 is 0 Å². The summed E-state index contributed by atoms with van der Waals surface area (Å²) in [5.74, 6) is -0.401. The summed E-state index contributed by atoms with van der Waals surface area (Å²) in [6, 6.07) is 2.99. The molecule has 1 aromatic carbocycles. The molecule has 0 aliphatic heterocycles. The number of nitrogens with two attached hydrogens (primary N) is 1. The Morgan fingerprint density at radius 2 is 2.13 bits per heavy atom. The first-order valence-electron chi connectivity index (χ1n) is 7.78. The smallest absolute Gasteiger partial charge is 0.345 e. The molecule has 23 heavy (non-hydrogen) atoms. The number of pyridine rings is 1. The number of nitrogens with one attached hydrogen (secondary N) is 1. The summed E-state index contributed by atoms with van der Waals surface area (Å²) in [5, 5.41) is 0.334. The molecule has 3 aliphatic rings. The predicted octanol–water partition coefficient (Wildman–Crippen LogP) is 2.48. The minimum atomic E-state index is -0.794. The first-order valence-corrected chi connectivity index (χ1v) is 7.78. The summed E-state index contributed by atoms with van der Waals surface area (Å²) in [5.41, 5.74) is 6.08. The Bertz CT molecular complexity index is 886. The standard InChI is InChI=1S/C17H17FN2O3/c1-2-23-16(22)13-14(19)9-3-11(18)10(4-12(9)20-15(13)21)17-5-8(6-17)7-17/h3-4,8H,2,5-7H2,1H3,(H3,19,20,21). The van der Waals surface area contributed by atoms with E-state index in [0.717, 1.165) is 25.2 Å². The van der Waals surface area contributed by atoms with Crippen molar-refractivity contribution in [3.63, 3.8) is 0 Å². The molecule has 1 heterocycles. The Kier molecular flexibility index (Phi) is 2.83. The van der Waals surface area contributed by atoms with Crippen molar-refractivity contribution >= 4 is 22.6 Å². The Hall–Kier alpha value is -2.37. The van der Waals surface area contributed by atoms with E-state index in [0.29, 0.717) is 16.5 Å². The van der Waals surface area contributed by atoms with Gasteiger partial charge in [-0.15, -0.1) is 0 Å². The summed E-state index contributed by atoms with van der Waals surface area (Å²) in [7, 11) is 0. The average Bonchev–Trinajstić information content (AvgIpc) is 2.38. The van der Waals surface area contributed by atoms with Crippen LogP contribution in [0, 0.1) is 11.7 Å². The van der Waals surface area contributed by atoms with Crippen LogP contribution in [0.25, 0.3) is 10.9 Å². The number of fused-ring (bicyclic) bond motifs is 1. The number of halogens is 1. The van der Waals surface area contributed by atoms with Crippen LogP contribution in [0.4, 0.5) is 10.1 Å². The number of rotatable bonds is 3. The van der Waals surface area contributed by atoms with Gasteiger partial charge in [0.05, 0.1) is 17.8 Å². The quantitative estimate of drug-likeness (QED) is 0.852. The van der Waals surface area contributed by atoms with Crippen molar-refractivity contribution in [3.8, 4) is 0 Å². The molecule has 5 nitrogen and oxygen atoms in total. The number of hydrogen-bond acceptors (Lipinski definition) is 4. The van der Waals surface area contributed by atoms with Crippen LogP contribution in [-0.2, 0) is 10.2 Å². The van der Waals surface area contributed by atoms with Crippen molar-refractivity contribution in [1.82, 2.24) is 4.98 Å². The van der Waals surface area contributed by atoms with Gasteiger partial charge < -0.3 is 15.5 Å². The molecule has 0 amide bonds. The largest absolute Gasteiger partial charge is 0.462 e. The molecule has 1 aromatic heterocycles. The molecular formula is C17H17FN2O3. The average molecular weight is 316 g/mol. The summed E-state index contributed by atoms with van der Waals surface area (Å²) >= 11 is 0. The summed E-state index contributed by atoms with van der Waals surface area (Å²) < 4.78 is 19.4. The highest BCUT2D eigenvalue weighted by atomic mass is 19.1. The zero-order chi connectivity index (χ0) is 16.4. The fourth-order valence-electron chi connectivity index (χ4n) is 3.96. The molecule has 3 N–H and O–H groups in total. The van der Waals surface area contributed by atoms with E-state index in [1.54, 1.807) is 13.0 Å². The van der Waals surface area contributed by atoms with Gasteiger partial charge in [-0.1, -0.05) is 0 Å². The Balaban J connectivity index is 1.90. The lowest BCUT2D eigenvalue weighted by molar-refractivity contribution is -0.0299. The van der Waals surface area contributed by atoms with Gasteiger partial charge in [0.25, 0.3) is 5.56 Å². The lowest BCUT2D eigenvalue weighted by Crippen LogP contribution is -2.55. The lowest BCUT2D eigenvalue weighted by Gasteiger charge is -2.62. The molecule has 0 radical (unpaired) electrons. The van der Waals surface area contributed by atoms with Crippen molar-refractivity contribution < 1.29 is 13.9 Å². The SMILES string of the molecule is CCOC(=O)c1c(N)c2cc(F)c(C34CC(C3)C4)cc2[nH]c1=O. The van der Waals surface area contributed by atoms with E-state index < -0.39 is 11.5 Å². The topological polar surface area (TPSA) is 85.2 Å². The van der Waals surface area contributed by atoms with Gasteiger partial charge in [-0.05, 0) is 55.2 Å². The van der Waals surface area contributed by atoms with Crippen molar-refractivity contribution in [2.45, 2.75) is 31.6 Å². The number of H-pyrrole nitrogens is 1. The van der Waals surface area contributed by atoms with Crippen LogP contribution in [0.15, 0.2) is 16.9 Å². The third-order valence-electron chi connectivity index (χ3n) is 5.23. The van der Waals surface area contributed by atoms with Crippen molar-refractivity contribution in [1.29, 1.82) is 0 Å². The van der Waals surface area contributed by atoms with Crippen LogP contribution >= 0.6 is 0 Å². The van der Waals surface area contributed by atoms with Crippen molar-refractivity contribution in [2.24, 2.45) is 5.92 Å². The highest BCUT2D eigenvalue weighted by molar-refractivity contribution is 6.04. The van der Waals surface area contributed by atoms with E-state index in [1.165, 1.54) is 6.07 Å². The second-order valence-electron chi connectivity index (χ2n) is 6.60. The Morgan fingerprint density at radius 3 is 2.70 bits per heavy atom. The van der Waals surface area contributed by atoms with Gasteiger partial charge in [-0.25, -0.2) is 9.18 Å². The highest BCUT2D eigenvalue weighted by Gasteiger charge is 2.58. The van der Waals surface area contributed by atoms with Crippen LogP contribution in [0.3, 0.4) is 0 Å². The molecule has 2 aromatic rings. The molecule has 0 unspecified atom stereocenters. The third kappa shape index (κ3) is 1.84. The highest BCUT2D eigenvalue weighted by Crippen LogP contribution is 2.65. The minimum Gasteiger partial charge on any atom is -0.462 e. The van der Waals surface area contributed by atoms with Crippen LogP contribution in [-0.4, -0.2) is 17.6 Å². The maximum atomic E-state index is 14.6. The number of anilines is 1. The fourth-order valence-corrected chi connectivity index (χ4v) is 3.96. The fraction of sp³-hybridized carbons (Fsp3) is 0.412. The van der Waals surface area contributed by atoms with Gasteiger partial charge >= 0.3 is 5.97 Å². The molecule has 0 atom stereocenters. The number of hydrogen-bond donors (Lipinski definition) is 2. The van der Waals surface area contributed by atoms with Crippen LogP contribution < -0.4 is 11.3 Å². The molecule has 3 fully saturated rings. The number of aromatic amines is 1. The van der Waals surface area contributed by atoms with Gasteiger partial charge in [0.1, 0.15) is 11.4 Å². The van der Waals surface area contributed by atoms with Crippen LogP contribution in [0.5, 0.6) is 0 Å². The normalized spacial score (nSPS) is 24.9. The third-order valence-corrected chi connectivity index (χ3v) is 5.23. The predicted molar refractivity (Wildman–Crippen MR) is 83.9 cm³/mol. The number of esters is 1. The van der Waals surface area contributed by atoms with E-state index in [4.69, 9.17) is 10.5 Å². The van der Waals surface area contributed by atoms with E-state index in [-0.39, 0.29) is 29.1 Å². The molecule has 0 saturated heterocycles. The van der Waals surface area contributed by atoms with E-state index in [9.17, 15) is 14.0 Å². The van der Waals surface area contributed by atoms with Crippen LogP contribution in [0.2, 0.25) is 0 Å². The lowest BCUT2D eigenvalue weighted by atomic mass is 9.42. The molecule has 120 valence electrons. The van der Waals surface area contributed by atoms with E-state index in [1.807, 2.05) is 0 Å². The number of nitrogen functional groups attached to an aromatic ring is 1. The van der Waals surface area contributed by atoms with Gasteiger partial charge in [0.2, 0.25) is 0 Å². The van der Waals surface area contributed by atoms with Gasteiger partial charge in [0, 0.05) is 5.39 Å². The number of carbonyl (C=O) groups is 1. The first-order chi connectivity index (χ1) is 10.9. The van der Waals surface area contributed by atoms with Crippen molar-refractivity contribution in [2.75, 3.05) is 12.3 Å². The Morgan fingerprint density at radius 1 is 1.43 bits per heavy atom. The first kappa shape index (κ1) is 14.2. The zero-order valence-electron chi connectivity index (χ0n) is 12.7. The molecular weight excluding hydrogens is 299 g/mol. The Labute approximate surface area is 131 Å². The molecule has 3 saturated carbocycles. The second kappa shape index (κ2) is 4.57. The summed E-state index contributed by atoms with van der Waals surface area (Å²) in [6.45, 7) is 1.77. The van der Waals surface area contributed by atoms with E-state index in [2.05, 4.69) is 4.98 Å². The number of aromatic nitrogens is 1. The van der Waals surface area contributed by atoms with Crippen LogP contribution in [0.1, 0.15) is 42.1 Å². The maximum Gasteiger partial charge on any atom is 0.345 e. The van der Waals surface area contributed by atoms with Gasteiger partial charge in [-0.3, -0.25) is 4.79 Å². The molecule has 0 spiro atoms. The minimum absolute atomic E-state index is 0.0368. The maximum absolute atomic E-state index is 14.6. The molecule has 5 rings (SSSR count).